The summed E-state index contributed by atoms with van der Waals surface area (Å²) in [6.07, 6.45) is 0. The van der Waals surface area contributed by atoms with Crippen molar-refractivity contribution < 1.29 is 19.5 Å². The molecular weight excluding hydrogens is 402 g/mol. The third kappa shape index (κ3) is 2.01. The van der Waals surface area contributed by atoms with Gasteiger partial charge in [-0.3, -0.25) is 14.4 Å². The molecule has 0 spiro atoms. The first-order chi connectivity index (χ1) is 15.4. The average molecular weight is 423 g/mol. The van der Waals surface area contributed by atoms with E-state index in [0.717, 1.165) is 22.3 Å². The van der Waals surface area contributed by atoms with E-state index >= 15 is 0 Å². The molecule has 0 saturated carbocycles. The van der Waals surface area contributed by atoms with E-state index in [1.54, 1.807) is 18.2 Å². The molecule has 1 heterocycles. The Morgan fingerprint density at radius 3 is 2.03 bits per heavy atom. The Balaban J connectivity index is 1.67. The second-order valence-electron chi connectivity index (χ2n) is 9.07. The highest BCUT2D eigenvalue weighted by molar-refractivity contribution is 6.25. The molecule has 3 aromatic carbocycles. The summed E-state index contributed by atoms with van der Waals surface area (Å²) in [5.41, 5.74) is 3.71. The van der Waals surface area contributed by atoms with E-state index in [1.165, 1.54) is 4.90 Å². The zero-order valence-electron chi connectivity index (χ0n) is 17.7. The number of aryl methyl sites for hydroxylation is 2. The maximum Gasteiger partial charge on any atom is 0.319 e. The van der Waals surface area contributed by atoms with Gasteiger partial charge in [0.2, 0.25) is 11.8 Å². The number of carbonyl (C=O) groups excluding carboxylic acids is 2. The van der Waals surface area contributed by atoms with E-state index in [4.69, 9.17) is 0 Å². The van der Waals surface area contributed by atoms with Gasteiger partial charge in [0, 0.05) is 5.92 Å². The standard InChI is InChI=1S/C27H21NO4/c1-14-11-12-20(15(2)13-14)28-24(29)22-21-16-7-3-5-9-18(16)27(26(31)32,23(22)25(28)30)19-10-6-4-8-17(19)21/h3-13,21-23H,1-2H3,(H,31,32). The van der Waals surface area contributed by atoms with Crippen molar-refractivity contribution in [2.45, 2.75) is 25.2 Å². The van der Waals surface area contributed by atoms with Crippen LogP contribution in [0.5, 0.6) is 0 Å². The lowest BCUT2D eigenvalue weighted by molar-refractivity contribution is -0.149. The van der Waals surface area contributed by atoms with Gasteiger partial charge >= 0.3 is 5.97 Å². The number of rotatable bonds is 2. The molecule has 5 nitrogen and oxygen atoms in total. The van der Waals surface area contributed by atoms with Gasteiger partial charge in [0.15, 0.2) is 0 Å². The Kier molecular flexibility index (Phi) is 3.66. The summed E-state index contributed by atoms with van der Waals surface area (Å²) in [5.74, 6) is -3.91. The quantitative estimate of drug-likeness (QED) is 0.634. The van der Waals surface area contributed by atoms with Crippen molar-refractivity contribution in [3.8, 4) is 0 Å². The summed E-state index contributed by atoms with van der Waals surface area (Å²) in [6.45, 7) is 3.83. The fourth-order valence-corrected chi connectivity index (χ4v) is 6.43. The van der Waals surface area contributed by atoms with Gasteiger partial charge < -0.3 is 5.11 Å². The summed E-state index contributed by atoms with van der Waals surface area (Å²) in [4.78, 5) is 42.2. The van der Waals surface area contributed by atoms with Crippen LogP contribution in [-0.4, -0.2) is 22.9 Å². The topological polar surface area (TPSA) is 74.7 Å². The fourth-order valence-electron chi connectivity index (χ4n) is 6.43. The zero-order valence-corrected chi connectivity index (χ0v) is 17.7. The number of carbonyl (C=O) groups is 3. The molecule has 32 heavy (non-hydrogen) atoms. The zero-order chi connectivity index (χ0) is 22.4. The minimum atomic E-state index is -1.59. The third-order valence-corrected chi connectivity index (χ3v) is 7.55. The molecule has 1 aliphatic heterocycles. The number of anilines is 1. The van der Waals surface area contributed by atoms with Crippen LogP contribution in [0.1, 0.15) is 39.3 Å². The van der Waals surface area contributed by atoms with Gasteiger partial charge in [0.1, 0.15) is 5.41 Å². The molecule has 0 radical (unpaired) electrons. The Morgan fingerprint density at radius 2 is 1.47 bits per heavy atom. The van der Waals surface area contributed by atoms with Gasteiger partial charge in [-0.15, -0.1) is 0 Å². The van der Waals surface area contributed by atoms with Crippen LogP contribution >= 0.6 is 0 Å². The van der Waals surface area contributed by atoms with Crippen LogP contribution in [0.4, 0.5) is 5.69 Å². The van der Waals surface area contributed by atoms with Crippen molar-refractivity contribution in [3.63, 3.8) is 0 Å². The maximum absolute atomic E-state index is 13.9. The number of imide groups is 1. The first-order valence-corrected chi connectivity index (χ1v) is 10.8. The van der Waals surface area contributed by atoms with Gasteiger partial charge in [0.05, 0.1) is 17.5 Å². The molecule has 3 aromatic rings. The average Bonchev–Trinajstić information content (AvgIpc) is 3.05. The van der Waals surface area contributed by atoms with Crippen LogP contribution in [0.2, 0.25) is 0 Å². The first-order valence-electron chi connectivity index (χ1n) is 10.8. The maximum atomic E-state index is 13.9. The van der Waals surface area contributed by atoms with Gasteiger partial charge in [-0.1, -0.05) is 66.2 Å². The fraction of sp³-hybridized carbons (Fsp3) is 0.222. The predicted molar refractivity (Wildman–Crippen MR) is 119 cm³/mol. The number of aliphatic carboxylic acids is 1. The monoisotopic (exact) mass is 423 g/mol. The Bertz CT molecular complexity index is 1310. The van der Waals surface area contributed by atoms with Crippen LogP contribution in [0.15, 0.2) is 66.7 Å². The summed E-state index contributed by atoms with van der Waals surface area (Å²) in [5, 5.41) is 10.7. The number of hydrogen-bond donors (Lipinski definition) is 1. The van der Waals surface area contributed by atoms with E-state index in [0.29, 0.717) is 16.8 Å². The molecule has 5 heteroatoms. The smallest absolute Gasteiger partial charge is 0.319 e. The molecular formula is C27H21NO4. The molecule has 2 bridgehead atoms. The minimum Gasteiger partial charge on any atom is -0.480 e. The SMILES string of the molecule is Cc1ccc(N2C(=O)C3C4c5ccccc5C(C(=O)O)(c5ccccc54)C3C2=O)c(C)c1. The number of nitrogens with zero attached hydrogens (tertiary/aromatic N) is 1. The molecule has 2 atom stereocenters. The van der Waals surface area contributed by atoms with Crippen molar-refractivity contribution in [1.82, 2.24) is 0 Å². The summed E-state index contributed by atoms with van der Waals surface area (Å²) in [7, 11) is 0. The largest absolute Gasteiger partial charge is 0.480 e. The van der Waals surface area contributed by atoms with Crippen LogP contribution in [0.3, 0.4) is 0 Å². The second kappa shape index (κ2) is 6.16. The first kappa shape index (κ1) is 19.0. The number of hydrogen-bond acceptors (Lipinski definition) is 3. The van der Waals surface area contributed by atoms with Crippen molar-refractivity contribution in [1.29, 1.82) is 0 Å². The van der Waals surface area contributed by atoms with E-state index < -0.39 is 29.1 Å². The lowest BCUT2D eigenvalue weighted by Gasteiger charge is -2.51. The van der Waals surface area contributed by atoms with E-state index in [1.807, 2.05) is 62.4 Å². The third-order valence-electron chi connectivity index (χ3n) is 7.55. The molecule has 1 saturated heterocycles. The van der Waals surface area contributed by atoms with Crippen LogP contribution in [-0.2, 0) is 19.8 Å². The summed E-state index contributed by atoms with van der Waals surface area (Å²) < 4.78 is 0. The Morgan fingerprint density at radius 1 is 0.875 bits per heavy atom. The van der Waals surface area contributed by atoms with Crippen molar-refractivity contribution in [2.24, 2.45) is 11.8 Å². The Hall–Kier alpha value is -3.73. The van der Waals surface area contributed by atoms with Gasteiger partial charge in [-0.2, -0.15) is 0 Å². The second-order valence-corrected chi connectivity index (χ2v) is 9.07. The van der Waals surface area contributed by atoms with Crippen molar-refractivity contribution in [2.75, 3.05) is 4.90 Å². The molecule has 2 unspecified atom stereocenters. The highest BCUT2D eigenvalue weighted by Gasteiger charge is 2.71. The lowest BCUT2D eigenvalue weighted by Crippen LogP contribution is -2.57. The molecule has 158 valence electrons. The number of carboxylic acids is 1. The number of benzene rings is 3. The van der Waals surface area contributed by atoms with Crippen LogP contribution in [0.25, 0.3) is 0 Å². The molecule has 3 aliphatic carbocycles. The Labute approximate surface area is 185 Å². The number of carboxylic acid groups (broad SMARTS) is 1. The molecule has 2 amide bonds. The van der Waals surface area contributed by atoms with Gasteiger partial charge in [0.25, 0.3) is 0 Å². The van der Waals surface area contributed by atoms with E-state index in [-0.39, 0.29) is 11.8 Å². The summed E-state index contributed by atoms with van der Waals surface area (Å²) in [6, 6.07) is 20.4. The predicted octanol–water partition coefficient (Wildman–Crippen LogP) is 3.94. The summed E-state index contributed by atoms with van der Waals surface area (Å²) >= 11 is 0. The van der Waals surface area contributed by atoms with Gasteiger partial charge in [-0.25, -0.2) is 4.90 Å². The highest BCUT2D eigenvalue weighted by Crippen LogP contribution is 2.64. The van der Waals surface area contributed by atoms with Crippen LogP contribution in [0, 0.1) is 25.7 Å². The number of amides is 2. The van der Waals surface area contributed by atoms with Crippen molar-refractivity contribution in [3.05, 3.63) is 100 Å². The molecule has 1 N–H and O–H groups in total. The normalized spacial score (nSPS) is 27.2. The van der Waals surface area contributed by atoms with Crippen molar-refractivity contribution >= 4 is 23.5 Å². The van der Waals surface area contributed by atoms with E-state index in [2.05, 4.69) is 0 Å². The molecule has 4 aliphatic rings. The molecule has 0 aromatic heterocycles. The molecule has 7 rings (SSSR count). The lowest BCUT2D eigenvalue weighted by atomic mass is 9.47. The highest BCUT2D eigenvalue weighted by atomic mass is 16.4. The molecule has 1 fully saturated rings. The van der Waals surface area contributed by atoms with Gasteiger partial charge in [-0.05, 0) is 47.7 Å². The van der Waals surface area contributed by atoms with E-state index in [9.17, 15) is 19.5 Å². The minimum absolute atomic E-state index is 0.313. The van der Waals surface area contributed by atoms with Crippen LogP contribution < -0.4 is 4.90 Å².